The van der Waals surface area contributed by atoms with Gasteiger partial charge in [0.1, 0.15) is 0 Å². The first-order valence-corrected chi connectivity index (χ1v) is 9.62. The van der Waals surface area contributed by atoms with Crippen molar-refractivity contribution in [3.8, 4) is 0 Å². The van der Waals surface area contributed by atoms with Gasteiger partial charge in [0.05, 0.1) is 25.4 Å². The molecule has 2 atom stereocenters. The number of hydrogen-bond donors (Lipinski definition) is 2. The van der Waals surface area contributed by atoms with Crippen molar-refractivity contribution in [3.05, 3.63) is 0 Å². The summed E-state index contributed by atoms with van der Waals surface area (Å²) >= 11 is 0. The molecule has 0 radical (unpaired) electrons. The lowest BCUT2D eigenvalue weighted by Gasteiger charge is -2.34. The van der Waals surface area contributed by atoms with Crippen molar-refractivity contribution in [2.75, 3.05) is 13.2 Å². The normalized spacial score (nSPS) is 34.0. The zero-order valence-corrected chi connectivity index (χ0v) is 17.2. The van der Waals surface area contributed by atoms with Gasteiger partial charge in [0.2, 0.25) is 0 Å². The smallest absolute Gasteiger partial charge is 0.0769 e. The second-order valence-corrected chi connectivity index (χ2v) is 10.4. The molecule has 2 fully saturated rings. The molecule has 4 nitrogen and oxygen atoms in total. The molecule has 0 aromatic carbocycles. The average Bonchev–Trinajstić information content (AvgIpc) is 2.49. The van der Waals surface area contributed by atoms with Gasteiger partial charge in [0, 0.05) is 22.2 Å². The topological polar surface area (TPSA) is 42.5 Å². The summed E-state index contributed by atoms with van der Waals surface area (Å²) in [6.07, 6.45) is 4.95. The molecule has 2 heterocycles. The van der Waals surface area contributed by atoms with Crippen molar-refractivity contribution in [2.45, 2.75) is 115 Å². The van der Waals surface area contributed by atoms with Crippen LogP contribution in [0.2, 0.25) is 0 Å². The number of hydrogen-bond acceptors (Lipinski definition) is 4. The molecule has 0 bridgehead atoms. The summed E-state index contributed by atoms with van der Waals surface area (Å²) in [7, 11) is 0. The van der Waals surface area contributed by atoms with E-state index in [-0.39, 0.29) is 28.3 Å². The Morgan fingerprint density at radius 2 is 1.33 bits per heavy atom. The first-order valence-electron chi connectivity index (χ1n) is 9.62. The third-order valence-electron chi connectivity index (χ3n) is 5.42. The van der Waals surface area contributed by atoms with Gasteiger partial charge >= 0.3 is 0 Å². The Morgan fingerprint density at radius 1 is 0.750 bits per heavy atom. The highest BCUT2D eigenvalue weighted by atomic mass is 16.5. The van der Waals surface area contributed by atoms with E-state index in [4.69, 9.17) is 9.47 Å². The van der Waals surface area contributed by atoms with E-state index in [1.54, 1.807) is 0 Å². The fourth-order valence-corrected chi connectivity index (χ4v) is 4.76. The van der Waals surface area contributed by atoms with E-state index in [2.05, 4.69) is 66.0 Å². The minimum absolute atomic E-state index is 0.0295. The Kier molecular flexibility index (Phi) is 5.76. The Morgan fingerprint density at radius 3 is 1.92 bits per heavy atom. The lowest BCUT2D eigenvalue weighted by atomic mass is 9.96. The third-order valence-corrected chi connectivity index (χ3v) is 5.42. The molecule has 2 rings (SSSR count). The predicted octanol–water partition coefficient (Wildman–Crippen LogP) is 3.64. The molecular formula is C20H40N2O2. The van der Waals surface area contributed by atoms with E-state index >= 15 is 0 Å². The molecular weight excluding hydrogens is 300 g/mol. The van der Waals surface area contributed by atoms with Crippen molar-refractivity contribution in [1.29, 1.82) is 0 Å². The number of ether oxygens (including phenoxy) is 2. The summed E-state index contributed by atoms with van der Waals surface area (Å²) in [6, 6.07) is 0. The van der Waals surface area contributed by atoms with Crippen LogP contribution in [-0.4, -0.2) is 47.6 Å². The van der Waals surface area contributed by atoms with E-state index in [0.717, 1.165) is 25.7 Å². The van der Waals surface area contributed by atoms with E-state index < -0.39 is 0 Å². The monoisotopic (exact) mass is 340 g/mol. The van der Waals surface area contributed by atoms with E-state index in [1.807, 2.05) is 0 Å². The maximum absolute atomic E-state index is 6.19. The Hall–Kier alpha value is -0.160. The Balaban J connectivity index is 1.76. The SMILES string of the molecule is CC1(C)CCC(OCCOC2CC(C)(C)NC2(C)C)CC(C)(C)N1. The molecule has 2 saturated heterocycles. The average molecular weight is 341 g/mol. The van der Waals surface area contributed by atoms with Crippen LogP contribution in [-0.2, 0) is 9.47 Å². The molecule has 0 aromatic rings. The summed E-state index contributed by atoms with van der Waals surface area (Å²) in [4.78, 5) is 0. The first kappa shape index (κ1) is 20.2. The minimum Gasteiger partial charge on any atom is -0.376 e. The van der Waals surface area contributed by atoms with Crippen molar-refractivity contribution >= 4 is 0 Å². The maximum atomic E-state index is 6.19. The van der Waals surface area contributed by atoms with Crippen LogP contribution in [0.15, 0.2) is 0 Å². The van der Waals surface area contributed by atoms with Gasteiger partial charge in [0.25, 0.3) is 0 Å². The van der Waals surface area contributed by atoms with Gasteiger partial charge in [-0.05, 0) is 81.1 Å². The maximum Gasteiger partial charge on any atom is 0.0769 e. The van der Waals surface area contributed by atoms with Crippen LogP contribution in [0.3, 0.4) is 0 Å². The van der Waals surface area contributed by atoms with Crippen molar-refractivity contribution in [3.63, 3.8) is 0 Å². The molecule has 2 unspecified atom stereocenters. The van der Waals surface area contributed by atoms with Crippen LogP contribution in [0.1, 0.15) is 81.1 Å². The van der Waals surface area contributed by atoms with Crippen LogP contribution in [0, 0.1) is 0 Å². The van der Waals surface area contributed by atoms with Crippen LogP contribution in [0.4, 0.5) is 0 Å². The van der Waals surface area contributed by atoms with Crippen LogP contribution in [0.5, 0.6) is 0 Å². The largest absolute Gasteiger partial charge is 0.376 e. The lowest BCUT2D eigenvalue weighted by Crippen LogP contribution is -2.50. The summed E-state index contributed by atoms with van der Waals surface area (Å²) in [5.74, 6) is 0. The molecule has 2 aliphatic rings. The van der Waals surface area contributed by atoms with Crippen LogP contribution in [0.25, 0.3) is 0 Å². The van der Waals surface area contributed by atoms with E-state index in [9.17, 15) is 0 Å². The highest BCUT2D eigenvalue weighted by Gasteiger charge is 2.44. The predicted molar refractivity (Wildman–Crippen MR) is 101 cm³/mol. The molecule has 2 N–H and O–H groups in total. The molecule has 0 aliphatic carbocycles. The Labute approximate surface area is 149 Å². The van der Waals surface area contributed by atoms with Gasteiger partial charge in [-0.25, -0.2) is 0 Å². The van der Waals surface area contributed by atoms with Crippen LogP contribution < -0.4 is 10.6 Å². The zero-order valence-electron chi connectivity index (χ0n) is 17.2. The summed E-state index contributed by atoms with van der Waals surface area (Å²) in [5, 5.41) is 7.42. The van der Waals surface area contributed by atoms with Crippen molar-refractivity contribution in [1.82, 2.24) is 10.6 Å². The minimum atomic E-state index is 0.0295. The van der Waals surface area contributed by atoms with Gasteiger partial charge in [-0.3, -0.25) is 0 Å². The molecule has 24 heavy (non-hydrogen) atoms. The fraction of sp³-hybridized carbons (Fsp3) is 1.00. The van der Waals surface area contributed by atoms with Crippen molar-refractivity contribution in [2.24, 2.45) is 0 Å². The number of rotatable bonds is 5. The van der Waals surface area contributed by atoms with Gasteiger partial charge in [0.15, 0.2) is 0 Å². The molecule has 142 valence electrons. The van der Waals surface area contributed by atoms with Crippen molar-refractivity contribution < 1.29 is 9.47 Å². The van der Waals surface area contributed by atoms with Gasteiger partial charge in [-0.2, -0.15) is 0 Å². The lowest BCUT2D eigenvalue weighted by molar-refractivity contribution is -0.0423. The standard InChI is InChI=1S/C20H40N2O2/c1-17(2)10-9-15(13-18(3,4)21-17)23-11-12-24-16-14-19(5,6)22-20(16,7)8/h15-16,21-22H,9-14H2,1-8H3. The third kappa shape index (κ3) is 5.69. The first-order chi connectivity index (χ1) is 10.8. The van der Waals surface area contributed by atoms with Gasteiger partial charge in [-0.15, -0.1) is 0 Å². The molecule has 0 aromatic heterocycles. The van der Waals surface area contributed by atoms with E-state index in [1.165, 1.54) is 0 Å². The summed E-state index contributed by atoms with van der Waals surface area (Å²) < 4.78 is 12.4. The highest BCUT2D eigenvalue weighted by molar-refractivity contribution is 5.04. The summed E-state index contributed by atoms with van der Waals surface area (Å²) in [5.41, 5.74) is 0.482. The molecule has 4 heteroatoms. The molecule has 0 spiro atoms. The quantitative estimate of drug-likeness (QED) is 0.750. The summed E-state index contributed by atoms with van der Waals surface area (Å²) in [6.45, 7) is 19.5. The fourth-order valence-electron chi connectivity index (χ4n) is 4.76. The highest BCUT2D eigenvalue weighted by Crippen LogP contribution is 2.33. The molecule has 0 saturated carbocycles. The molecule has 2 aliphatic heterocycles. The van der Waals surface area contributed by atoms with E-state index in [0.29, 0.717) is 19.3 Å². The zero-order chi connectivity index (χ0) is 18.2. The van der Waals surface area contributed by atoms with Crippen LogP contribution >= 0.6 is 0 Å². The number of nitrogens with one attached hydrogen (secondary N) is 2. The van der Waals surface area contributed by atoms with Gasteiger partial charge < -0.3 is 20.1 Å². The second-order valence-electron chi connectivity index (χ2n) is 10.4. The molecule has 0 amide bonds. The second kappa shape index (κ2) is 6.86. The van der Waals surface area contributed by atoms with Gasteiger partial charge in [-0.1, -0.05) is 0 Å². The Bertz CT molecular complexity index is 429.